The van der Waals surface area contributed by atoms with Crippen molar-refractivity contribution in [2.45, 2.75) is 32.4 Å². The van der Waals surface area contributed by atoms with Gasteiger partial charge in [0.15, 0.2) is 0 Å². The second-order valence-electron chi connectivity index (χ2n) is 6.24. The van der Waals surface area contributed by atoms with Crippen LogP contribution in [0.2, 0.25) is 0 Å². The van der Waals surface area contributed by atoms with Crippen LogP contribution in [0.4, 0.5) is 5.69 Å². The summed E-state index contributed by atoms with van der Waals surface area (Å²) < 4.78 is 5.35. The van der Waals surface area contributed by atoms with Crippen molar-refractivity contribution in [2.75, 3.05) is 11.9 Å². The molecular weight excluding hydrogens is 316 g/mol. The highest BCUT2D eigenvalue weighted by molar-refractivity contribution is 5.96. The molecule has 2 aromatic rings. The number of carbonyl (C=O) groups is 2. The molecule has 2 aromatic carbocycles. The molecule has 0 radical (unpaired) electrons. The predicted octanol–water partition coefficient (Wildman–Crippen LogP) is 3.04. The van der Waals surface area contributed by atoms with Crippen LogP contribution in [0, 0.1) is 6.92 Å². The van der Waals surface area contributed by atoms with Crippen molar-refractivity contribution in [1.29, 1.82) is 0 Å². The highest BCUT2D eigenvalue weighted by Crippen LogP contribution is 2.16. The first-order valence-corrected chi connectivity index (χ1v) is 8.48. The Hall–Kier alpha value is -2.66. The van der Waals surface area contributed by atoms with Crippen LogP contribution >= 0.6 is 0 Å². The quantitative estimate of drug-likeness (QED) is 0.880. The Bertz CT molecular complexity index is 733. The van der Waals surface area contributed by atoms with Crippen LogP contribution in [0.25, 0.3) is 0 Å². The van der Waals surface area contributed by atoms with E-state index in [2.05, 4.69) is 10.6 Å². The van der Waals surface area contributed by atoms with E-state index in [0.717, 1.165) is 18.4 Å². The van der Waals surface area contributed by atoms with Gasteiger partial charge in [0.05, 0.1) is 0 Å². The fourth-order valence-electron chi connectivity index (χ4n) is 2.70. The number of nitrogens with one attached hydrogen (secondary N) is 2. The molecule has 5 heteroatoms. The summed E-state index contributed by atoms with van der Waals surface area (Å²) in [6.07, 6.45) is 1.31. The summed E-state index contributed by atoms with van der Waals surface area (Å²) in [7, 11) is 0. The van der Waals surface area contributed by atoms with Crippen LogP contribution < -0.4 is 10.6 Å². The molecule has 0 aliphatic carbocycles. The Labute approximate surface area is 147 Å². The van der Waals surface area contributed by atoms with E-state index in [1.165, 1.54) is 5.56 Å². The minimum absolute atomic E-state index is 0.130. The molecule has 130 valence electrons. The average Bonchev–Trinajstić information content (AvgIpc) is 3.16. The van der Waals surface area contributed by atoms with Crippen LogP contribution in [-0.4, -0.2) is 24.5 Å². The highest BCUT2D eigenvalue weighted by Gasteiger charge is 2.23. The van der Waals surface area contributed by atoms with Crippen molar-refractivity contribution in [3.8, 4) is 0 Å². The zero-order valence-electron chi connectivity index (χ0n) is 14.2. The van der Waals surface area contributed by atoms with Gasteiger partial charge in [0.2, 0.25) is 0 Å². The molecule has 2 N–H and O–H groups in total. The highest BCUT2D eigenvalue weighted by atomic mass is 16.5. The molecule has 25 heavy (non-hydrogen) atoms. The molecular formula is C20H22N2O3. The fraction of sp³-hybridized carbons (Fsp3) is 0.300. The third-order valence-electron chi connectivity index (χ3n) is 4.21. The molecule has 0 unspecified atom stereocenters. The number of hydrogen-bond donors (Lipinski definition) is 2. The van der Waals surface area contributed by atoms with Gasteiger partial charge in [-0.3, -0.25) is 9.59 Å². The normalized spacial score (nSPS) is 16.4. The summed E-state index contributed by atoms with van der Waals surface area (Å²) in [4.78, 5) is 24.2. The first-order chi connectivity index (χ1) is 12.1. The lowest BCUT2D eigenvalue weighted by Gasteiger charge is -2.11. The Morgan fingerprint density at radius 1 is 1.08 bits per heavy atom. The van der Waals surface area contributed by atoms with Crippen LogP contribution in [0.1, 0.15) is 34.3 Å². The van der Waals surface area contributed by atoms with E-state index < -0.39 is 0 Å². The van der Waals surface area contributed by atoms with Gasteiger partial charge in [0.1, 0.15) is 6.10 Å². The maximum atomic E-state index is 12.2. The smallest absolute Gasteiger partial charge is 0.253 e. The molecule has 0 bridgehead atoms. The lowest BCUT2D eigenvalue weighted by molar-refractivity contribution is -0.124. The maximum absolute atomic E-state index is 12.2. The number of carbonyl (C=O) groups excluding carboxylic acids is 2. The number of ether oxygens (including phenoxy) is 1. The molecule has 1 fully saturated rings. The second-order valence-corrected chi connectivity index (χ2v) is 6.24. The molecule has 1 heterocycles. The largest absolute Gasteiger partial charge is 0.368 e. The van der Waals surface area contributed by atoms with Crippen LogP contribution in [0.3, 0.4) is 0 Å². The van der Waals surface area contributed by atoms with Gasteiger partial charge in [-0.15, -0.1) is 0 Å². The van der Waals surface area contributed by atoms with E-state index in [1.807, 2.05) is 31.2 Å². The summed E-state index contributed by atoms with van der Waals surface area (Å²) in [6, 6.07) is 14.9. The van der Waals surface area contributed by atoms with Crippen LogP contribution in [-0.2, 0) is 16.1 Å². The molecule has 1 atom stereocenters. The average molecular weight is 338 g/mol. The molecule has 1 saturated heterocycles. The maximum Gasteiger partial charge on any atom is 0.253 e. The Morgan fingerprint density at radius 3 is 2.44 bits per heavy atom. The van der Waals surface area contributed by atoms with E-state index in [1.54, 1.807) is 24.3 Å². The number of aryl methyl sites for hydroxylation is 1. The fourth-order valence-corrected chi connectivity index (χ4v) is 2.70. The number of anilines is 1. The van der Waals surface area contributed by atoms with Crippen molar-refractivity contribution >= 4 is 17.5 Å². The van der Waals surface area contributed by atoms with E-state index in [-0.39, 0.29) is 17.9 Å². The molecule has 0 aromatic heterocycles. The number of amides is 2. The Morgan fingerprint density at radius 2 is 1.80 bits per heavy atom. The monoisotopic (exact) mass is 338 g/mol. The van der Waals surface area contributed by atoms with Gasteiger partial charge < -0.3 is 15.4 Å². The lowest BCUT2D eigenvalue weighted by Crippen LogP contribution is -2.27. The van der Waals surface area contributed by atoms with Gasteiger partial charge in [-0.25, -0.2) is 0 Å². The lowest BCUT2D eigenvalue weighted by atomic mass is 10.1. The van der Waals surface area contributed by atoms with Crippen molar-refractivity contribution in [1.82, 2.24) is 5.32 Å². The first-order valence-electron chi connectivity index (χ1n) is 8.48. The summed E-state index contributed by atoms with van der Waals surface area (Å²) in [6.45, 7) is 3.15. The molecule has 3 rings (SSSR count). The zero-order chi connectivity index (χ0) is 17.6. The van der Waals surface area contributed by atoms with Gasteiger partial charge >= 0.3 is 0 Å². The molecule has 2 amide bonds. The number of rotatable bonds is 5. The van der Waals surface area contributed by atoms with Gasteiger partial charge in [-0.2, -0.15) is 0 Å². The molecule has 0 saturated carbocycles. The SMILES string of the molecule is Cc1ccc(CNC(=O)c2ccc(NC(=O)[C@@H]3CCCO3)cc2)cc1. The van der Waals surface area contributed by atoms with Crippen molar-refractivity contribution < 1.29 is 14.3 Å². The van der Waals surface area contributed by atoms with E-state index in [0.29, 0.717) is 24.4 Å². The molecule has 1 aliphatic heterocycles. The Kier molecular flexibility index (Phi) is 5.46. The van der Waals surface area contributed by atoms with Gasteiger partial charge in [0, 0.05) is 24.4 Å². The van der Waals surface area contributed by atoms with Crippen LogP contribution in [0.15, 0.2) is 48.5 Å². The zero-order valence-corrected chi connectivity index (χ0v) is 14.2. The van der Waals surface area contributed by atoms with Gasteiger partial charge in [0.25, 0.3) is 11.8 Å². The van der Waals surface area contributed by atoms with Crippen molar-refractivity contribution in [3.05, 3.63) is 65.2 Å². The third-order valence-corrected chi connectivity index (χ3v) is 4.21. The summed E-state index contributed by atoms with van der Waals surface area (Å²) in [5, 5.41) is 5.71. The topological polar surface area (TPSA) is 67.4 Å². The second kappa shape index (κ2) is 7.94. The summed E-state index contributed by atoms with van der Waals surface area (Å²) in [5.41, 5.74) is 3.47. The minimum Gasteiger partial charge on any atom is -0.368 e. The minimum atomic E-state index is -0.363. The summed E-state index contributed by atoms with van der Waals surface area (Å²) in [5.74, 6) is -0.272. The Balaban J connectivity index is 1.53. The number of hydrogen-bond acceptors (Lipinski definition) is 3. The van der Waals surface area contributed by atoms with E-state index in [4.69, 9.17) is 4.74 Å². The number of benzene rings is 2. The van der Waals surface area contributed by atoms with Gasteiger partial charge in [-0.05, 0) is 49.6 Å². The molecule has 5 nitrogen and oxygen atoms in total. The van der Waals surface area contributed by atoms with Crippen molar-refractivity contribution in [2.24, 2.45) is 0 Å². The van der Waals surface area contributed by atoms with Crippen LogP contribution in [0.5, 0.6) is 0 Å². The predicted molar refractivity (Wildman–Crippen MR) is 96.4 cm³/mol. The van der Waals surface area contributed by atoms with E-state index >= 15 is 0 Å². The van der Waals surface area contributed by atoms with Gasteiger partial charge in [-0.1, -0.05) is 29.8 Å². The first kappa shape index (κ1) is 17.2. The standard InChI is InChI=1S/C20H22N2O3/c1-14-4-6-15(7-5-14)13-21-19(23)16-8-10-17(11-9-16)22-20(24)18-3-2-12-25-18/h4-11,18H,2-3,12-13H2,1H3,(H,21,23)(H,22,24)/t18-/m0/s1. The molecule has 1 aliphatic rings. The van der Waals surface area contributed by atoms with E-state index in [9.17, 15) is 9.59 Å². The molecule has 0 spiro atoms. The van der Waals surface area contributed by atoms with Crippen molar-refractivity contribution in [3.63, 3.8) is 0 Å². The third kappa shape index (κ3) is 4.67. The summed E-state index contributed by atoms with van der Waals surface area (Å²) >= 11 is 0.